The lowest BCUT2D eigenvalue weighted by Gasteiger charge is -1.96. The second-order valence-corrected chi connectivity index (χ2v) is 2.19. The Bertz CT molecular complexity index is 197. The van der Waals surface area contributed by atoms with Crippen molar-refractivity contribution in [2.45, 2.75) is 20.8 Å². The van der Waals surface area contributed by atoms with E-state index in [1.165, 1.54) is 0 Å². The SMILES string of the molecule is C=C/C(C)=C\C=C(/C=C)NC.CC. The van der Waals surface area contributed by atoms with Gasteiger partial charge in [-0.05, 0) is 19.1 Å². The quantitative estimate of drug-likeness (QED) is 0.652. The van der Waals surface area contributed by atoms with Crippen LogP contribution in [0.2, 0.25) is 0 Å². The zero-order valence-corrected chi connectivity index (χ0v) is 9.22. The molecule has 13 heavy (non-hydrogen) atoms. The number of hydrogen-bond donors (Lipinski definition) is 1. The van der Waals surface area contributed by atoms with Crippen molar-refractivity contribution in [2.75, 3.05) is 7.05 Å². The summed E-state index contributed by atoms with van der Waals surface area (Å²) in [6, 6.07) is 0. The van der Waals surface area contributed by atoms with E-state index >= 15 is 0 Å². The highest BCUT2D eigenvalue weighted by Gasteiger charge is 1.81. The first-order chi connectivity index (χ1) is 6.24. The maximum Gasteiger partial charge on any atom is 0.0331 e. The molecule has 0 amide bonds. The van der Waals surface area contributed by atoms with Gasteiger partial charge >= 0.3 is 0 Å². The van der Waals surface area contributed by atoms with Gasteiger partial charge in [0, 0.05) is 12.7 Å². The molecule has 0 spiro atoms. The van der Waals surface area contributed by atoms with E-state index in [1.54, 1.807) is 6.08 Å². The van der Waals surface area contributed by atoms with Crippen LogP contribution in [0, 0.1) is 0 Å². The topological polar surface area (TPSA) is 12.0 Å². The predicted octanol–water partition coefficient (Wildman–Crippen LogP) is 3.43. The van der Waals surface area contributed by atoms with Crippen molar-refractivity contribution in [1.82, 2.24) is 5.32 Å². The van der Waals surface area contributed by atoms with E-state index < -0.39 is 0 Å². The van der Waals surface area contributed by atoms with Crippen molar-refractivity contribution in [1.29, 1.82) is 0 Å². The van der Waals surface area contributed by atoms with Gasteiger partial charge in [0.05, 0.1) is 0 Å². The minimum atomic E-state index is 1.01. The summed E-state index contributed by atoms with van der Waals surface area (Å²) >= 11 is 0. The molecule has 0 aliphatic heterocycles. The fourth-order valence-electron chi connectivity index (χ4n) is 0.543. The standard InChI is InChI=1S/C10H15N.C2H6/c1-5-9(3)7-8-10(6-2)11-4;1-2/h5-8,11H,1-2H2,3-4H3;1-2H3/b9-7-,10-8+;. The van der Waals surface area contributed by atoms with Crippen LogP contribution in [0.5, 0.6) is 0 Å². The van der Waals surface area contributed by atoms with Gasteiger partial charge < -0.3 is 5.32 Å². The Morgan fingerprint density at radius 2 is 1.62 bits per heavy atom. The lowest BCUT2D eigenvalue weighted by Crippen LogP contribution is -2.01. The van der Waals surface area contributed by atoms with E-state index in [9.17, 15) is 0 Å². The Morgan fingerprint density at radius 1 is 1.08 bits per heavy atom. The molecule has 0 unspecified atom stereocenters. The van der Waals surface area contributed by atoms with E-state index in [4.69, 9.17) is 0 Å². The molecule has 1 nitrogen and oxygen atoms in total. The fourth-order valence-corrected chi connectivity index (χ4v) is 0.543. The molecule has 0 radical (unpaired) electrons. The van der Waals surface area contributed by atoms with Gasteiger partial charge in [-0.25, -0.2) is 0 Å². The number of hydrogen-bond acceptors (Lipinski definition) is 1. The van der Waals surface area contributed by atoms with Crippen LogP contribution in [0.1, 0.15) is 20.8 Å². The average Bonchev–Trinajstić information content (AvgIpc) is 2.22. The van der Waals surface area contributed by atoms with Crippen LogP contribution in [0.4, 0.5) is 0 Å². The highest BCUT2D eigenvalue weighted by Crippen LogP contribution is 1.96. The first kappa shape index (κ1) is 14.3. The van der Waals surface area contributed by atoms with E-state index in [0.29, 0.717) is 0 Å². The van der Waals surface area contributed by atoms with Crippen molar-refractivity contribution >= 4 is 0 Å². The van der Waals surface area contributed by atoms with Gasteiger partial charge in [0.2, 0.25) is 0 Å². The van der Waals surface area contributed by atoms with Crippen molar-refractivity contribution in [3.05, 3.63) is 48.7 Å². The van der Waals surface area contributed by atoms with Gasteiger partial charge in [-0.2, -0.15) is 0 Å². The van der Waals surface area contributed by atoms with Crippen molar-refractivity contribution in [3.8, 4) is 0 Å². The van der Waals surface area contributed by atoms with E-state index in [-0.39, 0.29) is 0 Å². The van der Waals surface area contributed by atoms with Gasteiger partial charge in [0.15, 0.2) is 0 Å². The van der Waals surface area contributed by atoms with Crippen LogP contribution in [-0.2, 0) is 0 Å². The van der Waals surface area contributed by atoms with Crippen molar-refractivity contribution in [3.63, 3.8) is 0 Å². The summed E-state index contributed by atoms with van der Waals surface area (Å²) in [5, 5.41) is 3.00. The molecule has 0 atom stereocenters. The molecule has 1 heteroatoms. The Kier molecular flexibility index (Phi) is 11.8. The van der Waals surface area contributed by atoms with Crippen LogP contribution >= 0.6 is 0 Å². The molecule has 0 fully saturated rings. The normalized spacial score (nSPS) is 11.1. The summed E-state index contributed by atoms with van der Waals surface area (Å²) in [6.45, 7) is 13.3. The Balaban J connectivity index is 0. The molecule has 0 heterocycles. The van der Waals surface area contributed by atoms with E-state index in [2.05, 4.69) is 18.5 Å². The predicted molar refractivity (Wildman–Crippen MR) is 62.6 cm³/mol. The number of rotatable bonds is 4. The number of likely N-dealkylation sites (N-methyl/N-ethyl adjacent to an activating group) is 1. The fraction of sp³-hybridized carbons (Fsp3) is 0.333. The molecule has 0 aromatic rings. The van der Waals surface area contributed by atoms with Crippen LogP contribution in [0.15, 0.2) is 48.7 Å². The molecule has 0 aliphatic rings. The first-order valence-electron chi connectivity index (χ1n) is 4.55. The minimum Gasteiger partial charge on any atom is -0.388 e. The van der Waals surface area contributed by atoms with Crippen molar-refractivity contribution < 1.29 is 0 Å². The number of nitrogens with one attached hydrogen (secondary N) is 1. The average molecular weight is 179 g/mol. The van der Waals surface area contributed by atoms with Gasteiger partial charge in [0.1, 0.15) is 0 Å². The van der Waals surface area contributed by atoms with Gasteiger partial charge in [-0.15, -0.1) is 0 Å². The van der Waals surface area contributed by atoms with Crippen molar-refractivity contribution in [2.24, 2.45) is 0 Å². The summed E-state index contributed by atoms with van der Waals surface area (Å²) in [7, 11) is 1.87. The lowest BCUT2D eigenvalue weighted by atomic mass is 10.2. The zero-order valence-electron chi connectivity index (χ0n) is 9.22. The Morgan fingerprint density at radius 3 is 1.92 bits per heavy atom. The molecule has 1 N–H and O–H groups in total. The zero-order chi connectivity index (χ0) is 10.7. The molecule has 0 saturated heterocycles. The number of allylic oxidation sites excluding steroid dienone is 5. The monoisotopic (exact) mass is 179 g/mol. The second kappa shape index (κ2) is 10.8. The third kappa shape index (κ3) is 8.67. The highest BCUT2D eigenvalue weighted by molar-refractivity contribution is 5.26. The molecule has 0 aromatic heterocycles. The Hall–Kier alpha value is -1.24. The van der Waals surface area contributed by atoms with E-state index in [0.717, 1.165) is 11.3 Å². The summed E-state index contributed by atoms with van der Waals surface area (Å²) in [6.07, 6.45) is 7.53. The van der Waals surface area contributed by atoms with Crippen LogP contribution in [0.25, 0.3) is 0 Å². The lowest BCUT2D eigenvalue weighted by molar-refractivity contribution is 1.03. The maximum absolute atomic E-state index is 3.65. The first-order valence-corrected chi connectivity index (χ1v) is 4.55. The summed E-state index contributed by atoms with van der Waals surface area (Å²) in [4.78, 5) is 0. The summed E-state index contributed by atoms with van der Waals surface area (Å²) in [5.41, 5.74) is 2.14. The minimum absolute atomic E-state index is 1.01. The van der Waals surface area contributed by atoms with E-state index in [1.807, 2.05) is 46.0 Å². The van der Waals surface area contributed by atoms with Crippen LogP contribution in [-0.4, -0.2) is 7.05 Å². The van der Waals surface area contributed by atoms with Crippen LogP contribution in [0.3, 0.4) is 0 Å². The molecular formula is C12H21N. The highest BCUT2D eigenvalue weighted by atomic mass is 14.8. The maximum atomic E-state index is 3.65. The molecule has 0 aliphatic carbocycles. The van der Waals surface area contributed by atoms with Crippen LogP contribution < -0.4 is 5.32 Å². The smallest absolute Gasteiger partial charge is 0.0331 e. The third-order valence-electron chi connectivity index (χ3n) is 1.36. The summed E-state index contributed by atoms with van der Waals surface area (Å²) in [5.74, 6) is 0. The molecule has 0 saturated carbocycles. The molecule has 0 bridgehead atoms. The molecule has 74 valence electrons. The Labute approximate surface area is 82.6 Å². The summed E-state index contributed by atoms with van der Waals surface area (Å²) < 4.78 is 0. The molecular weight excluding hydrogens is 158 g/mol. The molecule has 0 rings (SSSR count). The van der Waals surface area contributed by atoms with Gasteiger partial charge in [0.25, 0.3) is 0 Å². The van der Waals surface area contributed by atoms with Gasteiger partial charge in [-0.1, -0.05) is 44.7 Å². The largest absolute Gasteiger partial charge is 0.388 e. The second-order valence-electron chi connectivity index (χ2n) is 2.19. The third-order valence-corrected chi connectivity index (χ3v) is 1.36. The van der Waals surface area contributed by atoms with Gasteiger partial charge in [-0.3, -0.25) is 0 Å². The molecule has 0 aromatic carbocycles.